The highest BCUT2D eigenvalue weighted by molar-refractivity contribution is 5.67. The number of piperidine rings is 1. The molecule has 1 amide bonds. The van der Waals surface area contributed by atoms with Gasteiger partial charge in [-0.05, 0) is 31.9 Å². The van der Waals surface area contributed by atoms with Crippen molar-refractivity contribution in [3.8, 4) is 5.75 Å². The fourth-order valence-electron chi connectivity index (χ4n) is 2.88. The fraction of sp³-hybridized carbons (Fsp3) is 0.444. The van der Waals surface area contributed by atoms with Gasteiger partial charge < -0.3 is 25.0 Å². The lowest BCUT2D eigenvalue weighted by atomic mass is 10.1. The van der Waals surface area contributed by atoms with Crippen molar-refractivity contribution in [3.63, 3.8) is 0 Å². The number of carbonyl (C=O) groups excluding carboxylic acids is 1. The van der Waals surface area contributed by atoms with Crippen molar-refractivity contribution in [2.75, 3.05) is 37.4 Å². The maximum absolute atomic E-state index is 11.8. The summed E-state index contributed by atoms with van der Waals surface area (Å²) >= 11 is 0. The number of carbonyl (C=O) groups is 1. The Morgan fingerprint density at radius 3 is 2.89 bits per heavy atom. The highest BCUT2D eigenvalue weighted by Gasteiger charge is 2.24. The Morgan fingerprint density at radius 2 is 2.15 bits per heavy atom. The molecule has 0 atom stereocenters. The summed E-state index contributed by atoms with van der Waals surface area (Å²) in [5.41, 5.74) is 0.851. The summed E-state index contributed by atoms with van der Waals surface area (Å²) in [4.78, 5) is 17.9. The van der Waals surface area contributed by atoms with Crippen LogP contribution in [0.15, 0.2) is 30.5 Å². The first-order valence-corrected chi connectivity index (χ1v) is 8.97. The Morgan fingerprint density at radius 1 is 1.33 bits per heavy atom. The van der Waals surface area contributed by atoms with Crippen LogP contribution in [0, 0.1) is 0 Å². The predicted octanol–water partition coefficient (Wildman–Crippen LogP) is 2.66. The van der Waals surface area contributed by atoms with Crippen LogP contribution in [0.5, 0.6) is 5.75 Å². The number of amides is 1. The summed E-state index contributed by atoms with van der Waals surface area (Å²) in [5.74, 6) is 1.80. The molecule has 1 aliphatic heterocycles. The predicted molar refractivity (Wildman–Crippen MR) is 101 cm³/mol. The number of nitrogens with one attached hydrogen (secondary N) is 2. The van der Waals surface area contributed by atoms with Gasteiger partial charge in [-0.1, -0.05) is 6.07 Å². The molecule has 0 saturated carbocycles. The molecule has 27 heavy (non-hydrogen) atoms. The van der Waals surface area contributed by atoms with Crippen LogP contribution in [0.25, 0.3) is 0 Å². The molecule has 2 N–H and O–H groups in total. The number of benzene rings is 1. The Bertz CT molecular complexity index is 764. The molecule has 9 heteroatoms. The van der Waals surface area contributed by atoms with Crippen molar-refractivity contribution >= 4 is 23.5 Å². The molecule has 1 saturated heterocycles. The number of hydrogen-bond donors (Lipinski definition) is 2. The van der Waals surface area contributed by atoms with Crippen LogP contribution in [0.4, 0.5) is 22.2 Å². The van der Waals surface area contributed by atoms with E-state index in [4.69, 9.17) is 9.47 Å². The summed E-state index contributed by atoms with van der Waals surface area (Å²) in [6, 6.07) is 7.75. The summed E-state index contributed by atoms with van der Waals surface area (Å²) < 4.78 is 10.3. The zero-order chi connectivity index (χ0) is 19.1. The number of hydrogen-bond acceptors (Lipinski definition) is 8. The standard InChI is InChI=1S/C18H24N6O3/c1-3-27-18(25)24-9-7-13(8-10-24)21-17-22-16(12-19-23-17)20-14-5-4-6-15(11-14)26-2/h4-6,11-13H,3,7-10H2,1-2H3,(H2,20,21,22,23). The molecule has 2 aromatic rings. The lowest BCUT2D eigenvalue weighted by Crippen LogP contribution is -2.42. The van der Waals surface area contributed by atoms with Gasteiger partial charge in [0.15, 0.2) is 5.82 Å². The van der Waals surface area contributed by atoms with Gasteiger partial charge in [0.25, 0.3) is 0 Å². The van der Waals surface area contributed by atoms with Gasteiger partial charge in [-0.2, -0.15) is 10.1 Å². The maximum Gasteiger partial charge on any atom is 0.409 e. The van der Waals surface area contributed by atoms with Crippen LogP contribution in [0.2, 0.25) is 0 Å². The Kier molecular flexibility index (Phi) is 6.24. The Labute approximate surface area is 158 Å². The third-order valence-corrected chi connectivity index (χ3v) is 4.26. The van der Waals surface area contributed by atoms with Crippen LogP contribution >= 0.6 is 0 Å². The minimum atomic E-state index is -0.252. The molecule has 0 aliphatic carbocycles. The average molecular weight is 372 g/mol. The summed E-state index contributed by atoms with van der Waals surface area (Å²) in [5, 5.41) is 14.5. The molecule has 0 unspecified atom stereocenters. The first-order valence-electron chi connectivity index (χ1n) is 8.97. The molecule has 144 valence electrons. The second-order valence-corrected chi connectivity index (χ2v) is 6.13. The molecule has 2 heterocycles. The second-order valence-electron chi connectivity index (χ2n) is 6.13. The first kappa shape index (κ1) is 18.7. The van der Waals surface area contributed by atoms with E-state index in [1.54, 1.807) is 18.2 Å². The zero-order valence-electron chi connectivity index (χ0n) is 15.5. The van der Waals surface area contributed by atoms with Gasteiger partial charge in [0.1, 0.15) is 5.75 Å². The number of anilines is 3. The van der Waals surface area contributed by atoms with Crippen molar-refractivity contribution in [2.45, 2.75) is 25.8 Å². The molecule has 1 aromatic carbocycles. The normalized spacial score (nSPS) is 14.5. The second kappa shape index (κ2) is 9.02. The molecule has 0 radical (unpaired) electrons. The number of rotatable bonds is 6. The summed E-state index contributed by atoms with van der Waals surface area (Å²) in [7, 11) is 1.63. The molecular formula is C18H24N6O3. The van der Waals surface area contributed by atoms with E-state index in [9.17, 15) is 4.79 Å². The molecule has 0 spiro atoms. The van der Waals surface area contributed by atoms with Crippen molar-refractivity contribution in [3.05, 3.63) is 30.5 Å². The lowest BCUT2D eigenvalue weighted by Gasteiger charge is -2.31. The van der Waals surface area contributed by atoms with Crippen LogP contribution in [0.3, 0.4) is 0 Å². The van der Waals surface area contributed by atoms with Gasteiger partial charge in [0, 0.05) is 30.9 Å². The molecule has 1 fully saturated rings. The lowest BCUT2D eigenvalue weighted by molar-refractivity contribution is 0.0983. The molecular weight excluding hydrogens is 348 g/mol. The van der Waals surface area contributed by atoms with E-state index in [2.05, 4.69) is 25.8 Å². The number of likely N-dealkylation sites (tertiary alicyclic amines) is 1. The molecule has 1 aromatic heterocycles. The largest absolute Gasteiger partial charge is 0.497 e. The van der Waals surface area contributed by atoms with Crippen molar-refractivity contribution in [2.24, 2.45) is 0 Å². The number of aromatic nitrogens is 3. The van der Waals surface area contributed by atoms with Crippen LogP contribution in [-0.2, 0) is 4.74 Å². The maximum atomic E-state index is 11.8. The highest BCUT2D eigenvalue weighted by Crippen LogP contribution is 2.21. The molecule has 3 rings (SSSR count). The van der Waals surface area contributed by atoms with Gasteiger partial charge in [-0.3, -0.25) is 0 Å². The van der Waals surface area contributed by atoms with Crippen molar-refractivity contribution in [1.29, 1.82) is 0 Å². The molecule has 1 aliphatic rings. The van der Waals surface area contributed by atoms with E-state index >= 15 is 0 Å². The van der Waals surface area contributed by atoms with Gasteiger partial charge in [-0.25, -0.2) is 4.79 Å². The highest BCUT2D eigenvalue weighted by atomic mass is 16.6. The monoisotopic (exact) mass is 372 g/mol. The van der Waals surface area contributed by atoms with Crippen LogP contribution in [0.1, 0.15) is 19.8 Å². The zero-order valence-corrected chi connectivity index (χ0v) is 15.5. The topological polar surface area (TPSA) is 102 Å². The quantitative estimate of drug-likeness (QED) is 0.798. The Balaban J connectivity index is 1.56. The van der Waals surface area contributed by atoms with Gasteiger partial charge in [0.2, 0.25) is 5.95 Å². The van der Waals surface area contributed by atoms with Gasteiger partial charge in [-0.15, -0.1) is 5.10 Å². The molecule has 0 bridgehead atoms. The number of methoxy groups -OCH3 is 1. The third kappa shape index (κ3) is 5.19. The number of nitrogens with zero attached hydrogens (tertiary/aromatic N) is 4. The first-order chi connectivity index (χ1) is 13.2. The summed E-state index contributed by atoms with van der Waals surface area (Å²) in [6.07, 6.45) is 2.91. The van der Waals surface area contributed by atoms with E-state index in [0.717, 1.165) is 24.3 Å². The minimum Gasteiger partial charge on any atom is -0.497 e. The van der Waals surface area contributed by atoms with Crippen molar-refractivity contribution < 1.29 is 14.3 Å². The third-order valence-electron chi connectivity index (χ3n) is 4.26. The Hall–Kier alpha value is -3.10. The van der Waals surface area contributed by atoms with Crippen molar-refractivity contribution in [1.82, 2.24) is 20.1 Å². The van der Waals surface area contributed by atoms with E-state index in [0.29, 0.717) is 31.5 Å². The number of ether oxygens (including phenoxy) is 2. The fourth-order valence-corrected chi connectivity index (χ4v) is 2.88. The van der Waals surface area contributed by atoms with Gasteiger partial charge in [0.05, 0.1) is 19.9 Å². The smallest absolute Gasteiger partial charge is 0.409 e. The van der Waals surface area contributed by atoms with Crippen LogP contribution in [-0.4, -0.2) is 59.0 Å². The average Bonchev–Trinajstić information content (AvgIpc) is 2.69. The van der Waals surface area contributed by atoms with E-state index in [1.807, 2.05) is 31.2 Å². The van der Waals surface area contributed by atoms with Crippen LogP contribution < -0.4 is 15.4 Å². The minimum absolute atomic E-state index is 0.185. The van der Waals surface area contributed by atoms with E-state index in [-0.39, 0.29) is 12.1 Å². The van der Waals surface area contributed by atoms with Gasteiger partial charge >= 0.3 is 6.09 Å². The summed E-state index contributed by atoms with van der Waals surface area (Å²) in [6.45, 7) is 3.49. The van der Waals surface area contributed by atoms with E-state index < -0.39 is 0 Å². The SMILES string of the molecule is CCOC(=O)N1CCC(Nc2nncc(Nc3cccc(OC)c3)n2)CC1. The van der Waals surface area contributed by atoms with E-state index in [1.165, 1.54) is 0 Å². The molecule has 9 nitrogen and oxygen atoms in total.